The second-order valence-electron chi connectivity index (χ2n) is 34.8. The molecule has 3 aliphatic rings. The molecule has 3 aliphatic heterocycles. The Bertz CT molecular complexity index is 4500. The molecule has 13 rings (SSSR count). The third kappa shape index (κ3) is 47.9. The van der Waals surface area contributed by atoms with Crippen LogP contribution in [-0.4, -0.2) is 129 Å². The zero-order chi connectivity index (χ0) is 101. The smallest absolute Gasteiger partial charge is 0.427 e. The maximum Gasteiger partial charge on any atom is 0.465 e. The summed E-state index contributed by atoms with van der Waals surface area (Å²) in [5.74, 6) is -0.809. The molecule has 7 atom stereocenters. The molecular formula is C102H134O31P8. The van der Waals surface area contributed by atoms with Crippen molar-refractivity contribution in [3.63, 3.8) is 0 Å². The summed E-state index contributed by atoms with van der Waals surface area (Å²) in [6, 6.07) is 93.8. The largest absolute Gasteiger partial charge is 0.465 e. The first-order chi connectivity index (χ1) is 67.3. The Morgan fingerprint density at radius 1 is 0.255 bits per heavy atom. The lowest BCUT2D eigenvalue weighted by molar-refractivity contribution is -0.222. The highest BCUT2D eigenvalue weighted by atomic mass is 31.2. The summed E-state index contributed by atoms with van der Waals surface area (Å²) in [6.07, 6.45) is -2.28. The molecule has 39 heteroatoms. The van der Waals surface area contributed by atoms with Crippen molar-refractivity contribution in [2.24, 2.45) is 0 Å². The summed E-state index contributed by atoms with van der Waals surface area (Å²) in [4.78, 5) is 0. The van der Waals surface area contributed by atoms with Gasteiger partial charge in [-0.1, -0.05) is 182 Å². The van der Waals surface area contributed by atoms with Gasteiger partial charge in [-0.15, -0.1) is 0 Å². The lowest BCUT2D eigenvalue weighted by Crippen LogP contribution is -2.37. The molecule has 768 valence electrons. The lowest BCUT2D eigenvalue weighted by Gasteiger charge is -2.36. The molecule has 141 heavy (non-hydrogen) atoms. The second kappa shape index (κ2) is 59.0. The SMILES string of the molecule is CC(COP(Oc1ccccc1)Oc1ccccc1)OC(C)(C)OP(Oc1ccccc1)Oc1ccccc1.CC1COP(Oc2ccccc2)OCC(C)OC(C)(C)OP(Oc2ccccc2)OC(C)(C)O1.CC1COP(Oc2ccccc2)OCC(C)OC(C)(C)OP(Oc2ccccc2)OC(C)(C)O1.CC1COP(Oc2ccccc2)OCC(C)OC(C)(C)OP(Oc2ccccc2)OC(C)(C)O1. The van der Waals surface area contributed by atoms with Gasteiger partial charge in [0.25, 0.3) is 0 Å². The molecular weight excluding hydrogens is 1970 g/mol. The molecule has 0 radical (unpaired) electrons. The molecule has 3 saturated heterocycles. The van der Waals surface area contributed by atoms with Gasteiger partial charge in [0.15, 0.2) is 40.5 Å². The highest BCUT2D eigenvalue weighted by Gasteiger charge is 2.43. The standard InChI is InChI=1S/C30H32O7P2.3C24H34O8P2/c1-25(24-31-38(33-26-16-8-4-9-17-26)34-27-18-10-5-11-19-27)32-30(2,3)37-39(35-28-20-12-6-13-21-28)36-29-22-14-7-15-23-29;3*1-19-17-25-33(29-21-13-9-7-10-14-21)26-18-20(2)28-24(5,6)32-34(31-23(3,4)27-19)30-22-15-11-8-12-16-22/h4-23,25H,24H2,1-3H3;3*7-16,19-20H,17-18H2,1-6H3. The van der Waals surface area contributed by atoms with Crippen LogP contribution in [0.2, 0.25) is 0 Å². The van der Waals surface area contributed by atoms with Crippen LogP contribution in [0.15, 0.2) is 303 Å². The van der Waals surface area contributed by atoms with Gasteiger partial charge in [-0.05, 0) is 267 Å². The molecule has 10 aromatic carbocycles. The molecule has 3 fully saturated rings. The van der Waals surface area contributed by atoms with Crippen molar-refractivity contribution in [3.8, 4) is 57.5 Å². The maximum atomic E-state index is 6.20. The van der Waals surface area contributed by atoms with Gasteiger partial charge >= 0.3 is 68.8 Å². The van der Waals surface area contributed by atoms with Crippen molar-refractivity contribution in [2.45, 2.75) is 229 Å². The van der Waals surface area contributed by atoms with Crippen LogP contribution in [-0.2, 0) is 96.5 Å². The zero-order valence-corrected chi connectivity index (χ0v) is 90.7. The van der Waals surface area contributed by atoms with E-state index in [1.807, 2.05) is 366 Å². The van der Waals surface area contributed by atoms with Gasteiger partial charge in [0.2, 0.25) is 0 Å². The average Bonchev–Trinajstić information content (AvgIpc) is 0.848. The average molecular weight is 2100 g/mol. The summed E-state index contributed by atoms with van der Waals surface area (Å²) >= 11 is 0. The first-order valence-electron chi connectivity index (χ1n) is 46.0. The highest BCUT2D eigenvalue weighted by Crippen LogP contribution is 2.55. The molecule has 0 spiro atoms. The molecule has 0 aromatic heterocycles. The van der Waals surface area contributed by atoms with E-state index in [1.54, 1.807) is 83.1 Å². The van der Waals surface area contributed by atoms with Gasteiger partial charge < -0.3 is 78.4 Å². The Kier molecular flexibility index (Phi) is 48.4. The van der Waals surface area contributed by atoms with Crippen molar-refractivity contribution < 1.29 is 142 Å². The number of rotatable bonds is 27. The quantitative estimate of drug-likeness (QED) is 0.0341. The van der Waals surface area contributed by atoms with Crippen molar-refractivity contribution in [1.82, 2.24) is 0 Å². The molecule has 0 amide bonds. The Balaban J connectivity index is 0.000000194. The minimum absolute atomic E-state index is 0.204. The van der Waals surface area contributed by atoms with Crippen LogP contribution >= 0.6 is 68.8 Å². The summed E-state index contributed by atoms with van der Waals surface area (Å²) in [7, 11) is -14.2. The minimum atomic E-state index is -1.86. The fraction of sp³-hybridized carbons (Fsp3) is 0.412. The second-order valence-corrected chi connectivity index (χ2v) is 43.3. The molecule has 0 bridgehead atoms. The molecule has 7 unspecified atom stereocenters. The number of hydrogen-bond donors (Lipinski definition) is 0. The van der Waals surface area contributed by atoms with Crippen LogP contribution in [0.3, 0.4) is 0 Å². The summed E-state index contributed by atoms with van der Waals surface area (Å²) in [6.45, 7) is 40.2. The summed E-state index contributed by atoms with van der Waals surface area (Å²) < 4.78 is 188. The first-order valence-corrected chi connectivity index (χ1v) is 54.7. The molecule has 10 aromatic rings. The molecule has 0 N–H and O–H groups in total. The number of para-hydroxylation sites is 10. The van der Waals surface area contributed by atoms with Crippen LogP contribution in [0.25, 0.3) is 0 Å². The molecule has 0 saturated carbocycles. The number of ether oxygens (including phenoxy) is 7. The maximum absolute atomic E-state index is 6.20. The third-order valence-electron chi connectivity index (χ3n) is 17.6. The Morgan fingerprint density at radius 3 is 0.603 bits per heavy atom. The fourth-order valence-electron chi connectivity index (χ4n) is 12.4. The van der Waals surface area contributed by atoms with Crippen molar-refractivity contribution >= 4 is 68.8 Å². The Morgan fingerprint density at radius 2 is 0.418 bits per heavy atom. The molecule has 3 heterocycles. The minimum Gasteiger partial charge on any atom is -0.427 e. The number of benzene rings is 10. The van der Waals surface area contributed by atoms with E-state index in [4.69, 9.17) is 142 Å². The van der Waals surface area contributed by atoms with Crippen LogP contribution in [0.4, 0.5) is 0 Å². The van der Waals surface area contributed by atoms with E-state index in [0.29, 0.717) is 57.5 Å². The third-order valence-corrected chi connectivity index (χ3v) is 27.8. The van der Waals surface area contributed by atoms with Gasteiger partial charge in [-0.25, -0.2) is 0 Å². The van der Waals surface area contributed by atoms with E-state index in [-0.39, 0.29) is 89.0 Å². The number of hydrogen-bond acceptors (Lipinski definition) is 31. The van der Waals surface area contributed by atoms with Crippen LogP contribution < -0.4 is 45.2 Å². The zero-order valence-electron chi connectivity index (χ0n) is 83.6. The van der Waals surface area contributed by atoms with Crippen molar-refractivity contribution in [3.05, 3.63) is 303 Å². The van der Waals surface area contributed by atoms with Crippen molar-refractivity contribution in [2.75, 3.05) is 46.2 Å². The van der Waals surface area contributed by atoms with E-state index in [2.05, 4.69) is 0 Å². The van der Waals surface area contributed by atoms with Gasteiger partial charge in [0.05, 0.1) is 89.0 Å². The van der Waals surface area contributed by atoms with Crippen LogP contribution in [0.1, 0.15) is 145 Å². The monoisotopic (exact) mass is 2100 g/mol. The lowest BCUT2D eigenvalue weighted by atomic mass is 10.3. The van der Waals surface area contributed by atoms with E-state index in [1.165, 1.54) is 0 Å². The van der Waals surface area contributed by atoms with E-state index in [9.17, 15) is 0 Å². The summed E-state index contributed by atoms with van der Waals surface area (Å²) in [5, 5.41) is 0. The van der Waals surface area contributed by atoms with E-state index in [0.717, 1.165) is 0 Å². The predicted molar refractivity (Wildman–Crippen MR) is 548 cm³/mol. The fourth-order valence-corrected chi connectivity index (χ4v) is 21.6. The van der Waals surface area contributed by atoms with Crippen molar-refractivity contribution in [1.29, 1.82) is 0 Å². The van der Waals surface area contributed by atoms with Gasteiger partial charge in [0.1, 0.15) is 57.5 Å². The Labute approximate surface area is 841 Å². The Hall–Kier alpha value is -7.20. The van der Waals surface area contributed by atoms with Crippen LogP contribution in [0.5, 0.6) is 57.5 Å². The summed E-state index contributed by atoms with van der Waals surface area (Å²) in [5.41, 5.74) is 0. The topological polar surface area (TPSA) is 286 Å². The molecule has 31 nitrogen and oxygen atoms in total. The normalized spacial score (nSPS) is 23.9. The van der Waals surface area contributed by atoms with Gasteiger partial charge in [0, 0.05) is 0 Å². The van der Waals surface area contributed by atoms with Crippen LogP contribution in [0, 0.1) is 0 Å². The first kappa shape index (κ1) is 116. The van der Waals surface area contributed by atoms with Gasteiger partial charge in [-0.2, -0.15) is 0 Å². The van der Waals surface area contributed by atoms with Gasteiger partial charge in [-0.3, -0.25) is 63.3 Å². The molecule has 0 aliphatic carbocycles. The van der Waals surface area contributed by atoms with E-state index < -0.39 is 109 Å². The predicted octanol–water partition coefficient (Wildman–Crippen LogP) is 29.8. The van der Waals surface area contributed by atoms with E-state index >= 15 is 0 Å². The highest BCUT2D eigenvalue weighted by molar-refractivity contribution is 7.44.